The van der Waals surface area contributed by atoms with E-state index in [2.05, 4.69) is 53.5 Å². The highest BCUT2D eigenvalue weighted by Crippen LogP contribution is 2.36. The van der Waals surface area contributed by atoms with Gasteiger partial charge in [0.2, 0.25) is 0 Å². The minimum atomic E-state index is -0.791. The summed E-state index contributed by atoms with van der Waals surface area (Å²) in [5.41, 5.74) is 4.43. The van der Waals surface area contributed by atoms with Gasteiger partial charge in [-0.2, -0.15) is 0 Å². The van der Waals surface area contributed by atoms with Crippen molar-refractivity contribution in [2.75, 3.05) is 13.1 Å². The molecule has 0 spiro atoms. The summed E-state index contributed by atoms with van der Waals surface area (Å²) in [5, 5.41) is 3.10. The van der Waals surface area contributed by atoms with Crippen LogP contribution in [0.25, 0.3) is 0 Å². The molecule has 5 rings (SSSR count). The van der Waals surface area contributed by atoms with Gasteiger partial charge in [-0.05, 0) is 80.3 Å². The molecule has 0 saturated carbocycles. The monoisotopic (exact) mass is 431 g/mol. The van der Waals surface area contributed by atoms with Gasteiger partial charge in [-0.3, -0.25) is 14.6 Å². The number of hydrogen-bond acceptors (Lipinski definition) is 3. The number of benzene rings is 2. The highest BCUT2D eigenvalue weighted by atomic mass is 16.2. The first-order valence-corrected chi connectivity index (χ1v) is 12.0. The maximum Gasteiger partial charge on any atom is 0.325 e. The van der Waals surface area contributed by atoms with E-state index in [0.717, 1.165) is 51.7 Å². The SMILES string of the molecule is CCc1ccc(CN2CCC([C@]3(C)NC(=O)N(C4Cc5ccccc5C4)C3=O)CC2)cc1. The molecule has 0 bridgehead atoms. The Kier molecular flexibility index (Phi) is 5.54. The van der Waals surface area contributed by atoms with Crippen molar-refractivity contribution >= 4 is 11.9 Å². The number of fused-ring (bicyclic) bond motifs is 1. The maximum atomic E-state index is 13.5. The van der Waals surface area contributed by atoms with Crippen LogP contribution < -0.4 is 5.32 Å². The lowest BCUT2D eigenvalue weighted by molar-refractivity contribution is -0.134. The van der Waals surface area contributed by atoms with E-state index in [1.54, 1.807) is 0 Å². The molecule has 5 nitrogen and oxygen atoms in total. The minimum Gasteiger partial charge on any atom is -0.323 e. The quantitative estimate of drug-likeness (QED) is 0.730. The highest BCUT2D eigenvalue weighted by Gasteiger charge is 2.54. The van der Waals surface area contributed by atoms with Crippen LogP contribution >= 0.6 is 0 Å². The average molecular weight is 432 g/mol. The summed E-state index contributed by atoms with van der Waals surface area (Å²) in [6, 6.07) is 16.9. The fraction of sp³-hybridized carbons (Fsp3) is 0.481. The molecule has 3 amide bonds. The molecule has 2 heterocycles. The largest absolute Gasteiger partial charge is 0.325 e. The van der Waals surface area contributed by atoms with Crippen molar-refractivity contribution in [2.24, 2.45) is 5.92 Å². The summed E-state index contributed by atoms with van der Waals surface area (Å²) in [5.74, 6) is 0.139. The van der Waals surface area contributed by atoms with Crippen molar-refractivity contribution in [3.63, 3.8) is 0 Å². The number of rotatable bonds is 5. The molecule has 2 aromatic carbocycles. The van der Waals surface area contributed by atoms with Crippen LogP contribution in [-0.4, -0.2) is 46.4 Å². The summed E-state index contributed by atoms with van der Waals surface area (Å²) >= 11 is 0. The number of carbonyl (C=O) groups is 2. The Hall–Kier alpha value is -2.66. The van der Waals surface area contributed by atoms with E-state index >= 15 is 0 Å². The lowest BCUT2D eigenvalue weighted by Gasteiger charge is -2.39. The Labute approximate surface area is 190 Å². The van der Waals surface area contributed by atoms with Crippen molar-refractivity contribution in [3.05, 3.63) is 70.8 Å². The summed E-state index contributed by atoms with van der Waals surface area (Å²) in [6.07, 6.45) is 4.44. The van der Waals surface area contributed by atoms with Gasteiger partial charge in [0.25, 0.3) is 5.91 Å². The molecule has 2 aromatic rings. The summed E-state index contributed by atoms with van der Waals surface area (Å²) < 4.78 is 0. The van der Waals surface area contributed by atoms with E-state index in [9.17, 15) is 9.59 Å². The molecule has 0 unspecified atom stereocenters. The molecule has 0 aromatic heterocycles. The molecule has 1 atom stereocenters. The zero-order valence-corrected chi connectivity index (χ0v) is 19.1. The Balaban J connectivity index is 1.22. The second kappa shape index (κ2) is 8.36. The number of amides is 3. The number of piperidine rings is 1. The summed E-state index contributed by atoms with van der Waals surface area (Å²) in [6.45, 7) is 6.97. The first-order valence-electron chi connectivity index (χ1n) is 12.0. The zero-order valence-electron chi connectivity index (χ0n) is 19.1. The third kappa shape index (κ3) is 3.73. The standard InChI is InChI=1S/C27H33N3O2/c1-3-19-8-10-20(11-9-19)18-29-14-12-23(13-15-29)27(2)25(31)30(26(32)28-27)24-16-21-6-4-5-7-22(21)17-24/h4-11,23-24H,3,12-18H2,1-2H3,(H,28,32)/t27-/m0/s1. The lowest BCUT2D eigenvalue weighted by Crippen LogP contribution is -2.54. The molecular weight excluding hydrogens is 398 g/mol. The maximum absolute atomic E-state index is 13.5. The molecule has 3 aliphatic rings. The number of hydrogen-bond donors (Lipinski definition) is 1. The van der Waals surface area contributed by atoms with Crippen LogP contribution in [0.4, 0.5) is 4.79 Å². The van der Waals surface area contributed by atoms with Crippen LogP contribution in [0.5, 0.6) is 0 Å². The van der Waals surface area contributed by atoms with Crippen LogP contribution in [-0.2, 0) is 30.6 Å². The third-order valence-electron chi connectivity index (χ3n) is 7.88. The minimum absolute atomic E-state index is 0.0334. The van der Waals surface area contributed by atoms with E-state index in [4.69, 9.17) is 0 Å². The number of nitrogens with zero attached hydrogens (tertiary/aromatic N) is 2. The molecule has 1 aliphatic carbocycles. The second-order valence-electron chi connectivity index (χ2n) is 9.86. The molecule has 5 heteroatoms. The van der Waals surface area contributed by atoms with Crippen LogP contribution in [0.1, 0.15) is 48.9 Å². The van der Waals surface area contributed by atoms with E-state index in [0.29, 0.717) is 0 Å². The van der Waals surface area contributed by atoms with Crippen LogP contribution in [0, 0.1) is 5.92 Å². The van der Waals surface area contributed by atoms with E-state index < -0.39 is 5.54 Å². The summed E-state index contributed by atoms with van der Waals surface area (Å²) in [4.78, 5) is 30.5. The van der Waals surface area contributed by atoms with Gasteiger partial charge in [-0.1, -0.05) is 55.5 Å². The second-order valence-corrected chi connectivity index (χ2v) is 9.86. The molecule has 168 valence electrons. The van der Waals surface area contributed by atoms with Gasteiger partial charge in [-0.15, -0.1) is 0 Å². The molecule has 2 saturated heterocycles. The van der Waals surface area contributed by atoms with Crippen molar-refractivity contribution in [3.8, 4) is 0 Å². The van der Waals surface area contributed by atoms with Gasteiger partial charge in [0.15, 0.2) is 0 Å². The Morgan fingerprint density at radius 2 is 1.53 bits per heavy atom. The number of aryl methyl sites for hydroxylation is 1. The third-order valence-corrected chi connectivity index (χ3v) is 7.88. The molecule has 0 radical (unpaired) electrons. The van der Waals surface area contributed by atoms with Gasteiger partial charge in [0.1, 0.15) is 5.54 Å². The molecular formula is C27H33N3O2. The number of carbonyl (C=O) groups excluding carboxylic acids is 2. The molecule has 2 fully saturated rings. The van der Waals surface area contributed by atoms with E-state index in [1.807, 2.05) is 19.1 Å². The number of imide groups is 1. The van der Waals surface area contributed by atoms with Gasteiger partial charge in [0, 0.05) is 12.6 Å². The Morgan fingerprint density at radius 1 is 0.938 bits per heavy atom. The van der Waals surface area contributed by atoms with Crippen molar-refractivity contribution in [1.82, 2.24) is 15.1 Å². The Bertz CT molecular complexity index is 985. The molecule has 2 aliphatic heterocycles. The normalized spacial score (nSPS) is 24.8. The summed E-state index contributed by atoms with van der Waals surface area (Å²) in [7, 11) is 0. The first kappa shape index (κ1) is 21.2. The zero-order chi connectivity index (χ0) is 22.3. The molecule has 1 N–H and O–H groups in total. The first-order chi connectivity index (χ1) is 15.5. The van der Waals surface area contributed by atoms with Crippen molar-refractivity contribution < 1.29 is 9.59 Å². The fourth-order valence-electron chi connectivity index (χ4n) is 5.81. The predicted molar refractivity (Wildman–Crippen MR) is 125 cm³/mol. The van der Waals surface area contributed by atoms with E-state index in [1.165, 1.54) is 27.2 Å². The van der Waals surface area contributed by atoms with E-state index in [-0.39, 0.29) is 23.9 Å². The topological polar surface area (TPSA) is 52.7 Å². The van der Waals surface area contributed by atoms with Gasteiger partial charge in [-0.25, -0.2) is 4.79 Å². The van der Waals surface area contributed by atoms with Gasteiger partial charge >= 0.3 is 6.03 Å². The van der Waals surface area contributed by atoms with Gasteiger partial charge < -0.3 is 5.32 Å². The lowest BCUT2D eigenvalue weighted by atomic mass is 9.78. The van der Waals surface area contributed by atoms with Crippen LogP contribution in [0.3, 0.4) is 0 Å². The Morgan fingerprint density at radius 3 is 2.12 bits per heavy atom. The van der Waals surface area contributed by atoms with Crippen molar-refractivity contribution in [2.45, 2.75) is 64.1 Å². The van der Waals surface area contributed by atoms with Crippen LogP contribution in [0.15, 0.2) is 48.5 Å². The number of likely N-dealkylation sites (tertiary alicyclic amines) is 1. The van der Waals surface area contributed by atoms with Crippen molar-refractivity contribution in [1.29, 1.82) is 0 Å². The molecule has 32 heavy (non-hydrogen) atoms. The average Bonchev–Trinajstić information content (AvgIpc) is 3.33. The fourth-order valence-corrected chi connectivity index (χ4v) is 5.81. The predicted octanol–water partition coefficient (Wildman–Crippen LogP) is 3.94. The van der Waals surface area contributed by atoms with Gasteiger partial charge in [0.05, 0.1) is 0 Å². The number of urea groups is 1. The highest BCUT2D eigenvalue weighted by molar-refractivity contribution is 6.07. The van der Waals surface area contributed by atoms with Crippen LogP contribution in [0.2, 0.25) is 0 Å². The number of nitrogens with one attached hydrogen (secondary N) is 1. The smallest absolute Gasteiger partial charge is 0.323 e.